The quantitative estimate of drug-likeness (QED) is 0.717. The fourth-order valence-corrected chi connectivity index (χ4v) is 3.19. The molecule has 1 amide bonds. The van der Waals surface area contributed by atoms with Crippen molar-refractivity contribution in [2.45, 2.75) is 18.9 Å². The molecule has 2 aromatic heterocycles. The number of carbonyl (C=O) groups excluding carboxylic acids is 1. The van der Waals surface area contributed by atoms with Crippen molar-refractivity contribution < 1.29 is 9.53 Å². The Morgan fingerprint density at radius 3 is 2.92 bits per heavy atom. The molecule has 1 aliphatic rings. The van der Waals surface area contributed by atoms with E-state index in [2.05, 4.69) is 21.9 Å². The minimum atomic E-state index is -0.143. The Morgan fingerprint density at radius 1 is 1.28 bits per heavy atom. The number of hydrogen-bond donors (Lipinski definition) is 2. The van der Waals surface area contributed by atoms with Crippen LogP contribution in [0.3, 0.4) is 0 Å². The molecule has 0 saturated carbocycles. The molecule has 25 heavy (non-hydrogen) atoms. The lowest BCUT2D eigenvalue weighted by molar-refractivity contribution is -0.119. The molecule has 1 aromatic carbocycles. The Morgan fingerprint density at radius 2 is 2.16 bits per heavy atom. The number of nitrogens with one attached hydrogen (secondary N) is 2. The predicted octanol–water partition coefficient (Wildman–Crippen LogP) is 2.38. The lowest BCUT2D eigenvalue weighted by atomic mass is 10.0. The molecule has 1 fully saturated rings. The minimum absolute atomic E-state index is 0.0107. The number of ether oxygens (including phenoxy) is 1. The molecule has 1 aliphatic heterocycles. The Bertz CT molecular complexity index is 1050. The standard InChI is InChI=1S/C19H17N3O3/c1-2-11-9-21-18(24)16-7-12-5-6-20-19(15(12)8-14(11)16)25-10-13-3-4-17(23)22-13/h2,5-9,13H,1,3-4,10H2,(H,21,24)(H,22,23). The number of aromatic nitrogens is 2. The van der Waals surface area contributed by atoms with Crippen molar-refractivity contribution in [1.82, 2.24) is 15.3 Å². The fraction of sp³-hybridized carbons (Fsp3) is 0.211. The van der Waals surface area contributed by atoms with Crippen LogP contribution >= 0.6 is 0 Å². The highest BCUT2D eigenvalue weighted by Gasteiger charge is 2.21. The first kappa shape index (κ1) is 15.4. The van der Waals surface area contributed by atoms with Crippen LogP contribution in [0.2, 0.25) is 0 Å². The highest BCUT2D eigenvalue weighted by molar-refractivity contribution is 6.02. The molecule has 1 unspecified atom stereocenters. The summed E-state index contributed by atoms with van der Waals surface area (Å²) in [6.07, 6.45) is 6.31. The number of amides is 1. The summed E-state index contributed by atoms with van der Waals surface area (Å²) in [6.45, 7) is 4.17. The first-order chi connectivity index (χ1) is 12.2. The number of aromatic amines is 1. The van der Waals surface area contributed by atoms with Gasteiger partial charge in [0.1, 0.15) is 6.61 Å². The summed E-state index contributed by atoms with van der Waals surface area (Å²) < 4.78 is 5.87. The van der Waals surface area contributed by atoms with Gasteiger partial charge in [-0.2, -0.15) is 0 Å². The summed E-state index contributed by atoms with van der Waals surface area (Å²) in [5.74, 6) is 0.552. The molecule has 1 atom stereocenters. The van der Waals surface area contributed by atoms with E-state index in [1.54, 1.807) is 18.5 Å². The normalized spacial score (nSPS) is 17.0. The largest absolute Gasteiger partial charge is 0.475 e. The molecule has 4 rings (SSSR count). The van der Waals surface area contributed by atoms with E-state index in [-0.39, 0.29) is 17.5 Å². The van der Waals surface area contributed by atoms with Gasteiger partial charge < -0.3 is 15.0 Å². The molecule has 0 radical (unpaired) electrons. The molecule has 1 saturated heterocycles. The number of carbonyl (C=O) groups is 1. The molecular formula is C19H17N3O3. The van der Waals surface area contributed by atoms with E-state index < -0.39 is 0 Å². The second kappa shape index (κ2) is 6.05. The number of pyridine rings is 2. The minimum Gasteiger partial charge on any atom is -0.475 e. The van der Waals surface area contributed by atoms with Gasteiger partial charge in [-0.3, -0.25) is 9.59 Å². The lowest BCUT2D eigenvalue weighted by Crippen LogP contribution is -2.31. The average Bonchev–Trinajstić information content (AvgIpc) is 3.04. The molecule has 126 valence electrons. The first-order valence-electron chi connectivity index (χ1n) is 8.14. The van der Waals surface area contributed by atoms with Crippen LogP contribution in [0, 0.1) is 0 Å². The van der Waals surface area contributed by atoms with Crippen molar-refractivity contribution in [3.63, 3.8) is 0 Å². The van der Waals surface area contributed by atoms with E-state index in [9.17, 15) is 9.59 Å². The smallest absolute Gasteiger partial charge is 0.255 e. The zero-order chi connectivity index (χ0) is 17.4. The maximum atomic E-state index is 12.1. The fourth-order valence-electron chi connectivity index (χ4n) is 3.19. The monoisotopic (exact) mass is 335 g/mol. The van der Waals surface area contributed by atoms with Crippen LogP contribution in [0.4, 0.5) is 0 Å². The van der Waals surface area contributed by atoms with E-state index in [1.807, 2.05) is 18.2 Å². The van der Waals surface area contributed by atoms with Gasteiger partial charge >= 0.3 is 0 Å². The molecule has 2 N–H and O–H groups in total. The van der Waals surface area contributed by atoms with E-state index >= 15 is 0 Å². The zero-order valence-corrected chi connectivity index (χ0v) is 13.5. The summed E-state index contributed by atoms with van der Waals surface area (Å²) in [5, 5.41) is 5.98. The summed E-state index contributed by atoms with van der Waals surface area (Å²) in [6, 6.07) is 5.60. The summed E-state index contributed by atoms with van der Waals surface area (Å²) >= 11 is 0. The van der Waals surface area contributed by atoms with Crippen LogP contribution in [0.15, 0.2) is 42.0 Å². The third-order valence-corrected chi connectivity index (χ3v) is 4.51. The van der Waals surface area contributed by atoms with Crippen LogP contribution in [0.1, 0.15) is 18.4 Å². The Labute approximate surface area is 143 Å². The maximum absolute atomic E-state index is 12.1. The van der Waals surface area contributed by atoms with Crippen LogP contribution in [0.25, 0.3) is 27.6 Å². The number of hydrogen-bond acceptors (Lipinski definition) is 4. The van der Waals surface area contributed by atoms with Gasteiger partial charge in [-0.15, -0.1) is 0 Å². The van der Waals surface area contributed by atoms with E-state index in [4.69, 9.17) is 4.74 Å². The van der Waals surface area contributed by atoms with Gasteiger partial charge in [0, 0.05) is 29.6 Å². The average molecular weight is 335 g/mol. The van der Waals surface area contributed by atoms with Gasteiger partial charge in [0.25, 0.3) is 5.56 Å². The van der Waals surface area contributed by atoms with E-state index in [1.165, 1.54) is 0 Å². The highest BCUT2D eigenvalue weighted by Crippen LogP contribution is 2.29. The maximum Gasteiger partial charge on any atom is 0.255 e. The van der Waals surface area contributed by atoms with Gasteiger partial charge in [-0.25, -0.2) is 4.98 Å². The van der Waals surface area contributed by atoms with Crippen molar-refractivity contribution in [3.05, 3.63) is 53.1 Å². The molecule has 6 nitrogen and oxygen atoms in total. The summed E-state index contributed by atoms with van der Waals surface area (Å²) in [7, 11) is 0. The molecular weight excluding hydrogens is 318 g/mol. The Hall–Kier alpha value is -3.15. The summed E-state index contributed by atoms with van der Waals surface area (Å²) in [4.78, 5) is 30.5. The number of rotatable bonds is 4. The number of H-pyrrole nitrogens is 1. The molecule has 6 heteroatoms. The van der Waals surface area contributed by atoms with Crippen LogP contribution in [-0.2, 0) is 4.79 Å². The Balaban J connectivity index is 1.78. The van der Waals surface area contributed by atoms with E-state index in [0.29, 0.717) is 24.3 Å². The van der Waals surface area contributed by atoms with Gasteiger partial charge in [0.15, 0.2) is 0 Å². The van der Waals surface area contributed by atoms with Crippen molar-refractivity contribution in [3.8, 4) is 5.88 Å². The molecule has 0 aliphatic carbocycles. The number of fused-ring (bicyclic) bond motifs is 2. The number of benzene rings is 1. The lowest BCUT2D eigenvalue weighted by Gasteiger charge is -2.13. The van der Waals surface area contributed by atoms with Gasteiger partial charge in [-0.1, -0.05) is 12.7 Å². The number of nitrogens with zero attached hydrogens (tertiary/aromatic N) is 1. The predicted molar refractivity (Wildman–Crippen MR) is 96.6 cm³/mol. The van der Waals surface area contributed by atoms with Crippen molar-refractivity contribution in [2.24, 2.45) is 0 Å². The highest BCUT2D eigenvalue weighted by atomic mass is 16.5. The SMILES string of the molecule is C=Cc1c[nH]c(=O)c2cc3ccnc(OCC4CCC(=O)N4)c3cc12. The molecule has 0 spiro atoms. The van der Waals surface area contributed by atoms with E-state index in [0.717, 1.165) is 28.1 Å². The van der Waals surface area contributed by atoms with Crippen molar-refractivity contribution >= 4 is 33.5 Å². The van der Waals surface area contributed by atoms with Crippen LogP contribution in [0.5, 0.6) is 5.88 Å². The molecule has 0 bridgehead atoms. The second-order valence-corrected chi connectivity index (χ2v) is 6.13. The molecule has 3 aromatic rings. The second-order valence-electron chi connectivity index (χ2n) is 6.13. The first-order valence-corrected chi connectivity index (χ1v) is 8.14. The van der Waals surface area contributed by atoms with Gasteiger partial charge in [0.2, 0.25) is 11.8 Å². The van der Waals surface area contributed by atoms with Gasteiger partial charge in [-0.05, 0) is 41.0 Å². The third kappa shape index (κ3) is 2.76. The third-order valence-electron chi connectivity index (χ3n) is 4.51. The molecule has 3 heterocycles. The van der Waals surface area contributed by atoms with Crippen molar-refractivity contribution in [1.29, 1.82) is 0 Å². The zero-order valence-electron chi connectivity index (χ0n) is 13.5. The van der Waals surface area contributed by atoms with Crippen molar-refractivity contribution in [2.75, 3.05) is 6.61 Å². The van der Waals surface area contributed by atoms with Crippen LogP contribution < -0.4 is 15.6 Å². The van der Waals surface area contributed by atoms with Crippen LogP contribution in [-0.4, -0.2) is 28.5 Å². The van der Waals surface area contributed by atoms with Gasteiger partial charge in [0.05, 0.1) is 6.04 Å². The topological polar surface area (TPSA) is 84.1 Å². The Kier molecular flexibility index (Phi) is 3.72. The summed E-state index contributed by atoms with van der Waals surface area (Å²) in [5.41, 5.74) is 0.699.